The summed E-state index contributed by atoms with van der Waals surface area (Å²) >= 11 is 4.01. The van der Waals surface area contributed by atoms with Gasteiger partial charge in [-0.05, 0) is 31.4 Å². The molecule has 0 atom stereocenters. The van der Waals surface area contributed by atoms with E-state index in [4.69, 9.17) is 0 Å². The molecule has 0 unspecified atom stereocenters. The summed E-state index contributed by atoms with van der Waals surface area (Å²) in [7, 11) is 0. The number of halogens is 3. The number of hydrogen-bond acceptors (Lipinski definition) is 2. The van der Waals surface area contributed by atoms with Crippen molar-refractivity contribution >= 4 is 23.7 Å². The molecular formula is C12H11F3N2S. The van der Waals surface area contributed by atoms with Gasteiger partial charge in [-0.25, -0.2) is 4.98 Å². The molecule has 2 aromatic rings. The minimum Gasteiger partial charge on any atom is -0.327 e. The van der Waals surface area contributed by atoms with Gasteiger partial charge in [-0.3, -0.25) is 0 Å². The average Bonchev–Trinajstić information content (AvgIpc) is 2.56. The molecule has 6 heteroatoms. The van der Waals surface area contributed by atoms with Crippen molar-refractivity contribution < 1.29 is 13.2 Å². The topological polar surface area (TPSA) is 17.8 Å². The van der Waals surface area contributed by atoms with Crippen molar-refractivity contribution in [1.29, 1.82) is 0 Å². The van der Waals surface area contributed by atoms with Gasteiger partial charge in [0.25, 0.3) is 0 Å². The fourth-order valence-electron chi connectivity index (χ4n) is 2.31. The number of fused-ring (bicyclic) bond motifs is 1. The van der Waals surface area contributed by atoms with E-state index in [-0.39, 0.29) is 16.5 Å². The maximum absolute atomic E-state index is 13.1. The van der Waals surface area contributed by atoms with Gasteiger partial charge in [-0.15, -0.1) is 12.6 Å². The molecule has 2 nitrogen and oxygen atoms in total. The van der Waals surface area contributed by atoms with Crippen molar-refractivity contribution in [1.82, 2.24) is 9.55 Å². The van der Waals surface area contributed by atoms with E-state index in [1.165, 1.54) is 6.33 Å². The molecule has 1 aromatic heterocycles. The van der Waals surface area contributed by atoms with Crippen LogP contribution in [0.2, 0.25) is 0 Å². The lowest BCUT2D eigenvalue weighted by molar-refractivity contribution is -0.136. The number of imidazole rings is 1. The van der Waals surface area contributed by atoms with Crippen LogP contribution in [0, 0.1) is 0 Å². The highest BCUT2D eigenvalue weighted by molar-refractivity contribution is 7.80. The van der Waals surface area contributed by atoms with Crippen LogP contribution in [0.5, 0.6) is 0 Å². The predicted molar refractivity (Wildman–Crippen MR) is 64.9 cm³/mol. The Balaban J connectivity index is 2.27. The monoisotopic (exact) mass is 272 g/mol. The molecule has 3 rings (SSSR count). The average molecular weight is 272 g/mol. The Labute approximate surface area is 107 Å². The summed E-state index contributed by atoms with van der Waals surface area (Å²) in [5.74, 6) is 0. The largest absolute Gasteiger partial charge is 0.418 e. The third-order valence-corrected chi connectivity index (χ3v) is 3.69. The Morgan fingerprint density at radius 2 is 2.00 bits per heavy atom. The second-order valence-corrected chi connectivity index (χ2v) is 5.11. The first kappa shape index (κ1) is 11.9. The zero-order valence-electron chi connectivity index (χ0n) is 9.41. The fraction of sp³-hybridized carbons (Fsp3) is 0.417. The smallest absolute Gasteiger partial charge is 0.327 e. The molecule has 1 aliphatic carbocycles. The Bertz CT molecular complexity index is 599. The Morgan fingerprint density at radius 3 is 2.56 bits per heavy atom. The van der Waals surface area contributed by atoms with Crippen LogP contribution in [0.15, 0.2) is 23.4 Å². The van der Waals surface area contributed by atoms with E-state index in [1.54, 1.807) is 10.6 Å². The number of rotatable bonds is 1. The second-order valence-electron chi connectivity index (χ2n) is 4.60. The highest BCUT2D eigenvalue weighted by Crippen LogP contribution is 2.40. The van der Waals surface area contributed by atoms with Gasteiger partial charge >= 0.3 is 6.18 Å². The molecule has 0 N–H and O–H groups in total. The molecule has 1 aliphatic rings. The molecular weight excluding hydrogens is 261 g/mol. The maximum Gasteiger partial charge on any atom is 0.418 e. The summed E-state index contributed by atoms with van der Waals surface area (Å²) in [6.07, 6.45) is 0.0442. The summed E-state index contributed by atoms with van der Waals surface area (Å²) < 4.78 is 40.9. The van der Waals surface area contributed by atoms with Gasteiger partial charge in [0.15, 0.2) is 0 Å². The fourth-order valence-corrected chi connectivity index (χ4v) is 2.57. The van der Waals surface area contributed by atoms with Crippen LogP contribution in [-0.4, -0.2) is 9.55 Å². The maximum atomic E-state index is 13.1. The molecule has 0 radical (unpaired) electrons. The van der Waals surface area contributed by atoms with Crippen molar-refractivity contribution in [3.05, 3.63) is 24.0 Å². The van der Waals surface area contributed by atoms with Crippen LogP contribution in [0.1, 0.15) is 30.9 Å². The minimum absolute atomic E-state index is 0.155. The lowest BCUT2D eigenvalue weighted by Crippen LogP contribution is -2.18. The lowest BCUT2D eigenvalue weighted by atomic mass is 9.92. The van der Waals surface area contributed by atoms with E-state index >= 15 is 0 Å². The van der Waals surface area contributed by atoms with Crippen LogP contribution >= 0.6 is 12.6 Å². The molecule has 18 heavy (non-hydrogen) atoms. The van der Waals surface area contributed by atoms with Crippen LogP contribution in [0.25, 0.3) is 11.0 Å². The first-order valence-electron chi connectivity index (χ1n) is 5.73. The van der Waals surface area contributed by atoms with Crippen LogP contribution in [-0.2, 0) is 6.18 Å². The van der Waals surface area contributed by atoms with Crippen molar-refractivity contribution in [3.8, 4) is 0 Å². The number of benzene rings is 1. The van der Waals surface area contributed by atoms with Gasteiger partial charge in [-0.1, -0.05) is 0 Å². The summed E-state index contributed by atoms with van der Waals surface area (Å²) in [5.41, 5.74) is -0.0962. The van der Waals surface area contributed by atoms with E-state index in [0.717, 1.165) is 25.3 Å². The molecule has 96 valence electrons. The van der Waals surface area contributed by atoms with Gasteiger partial charge in [0.05, 0.1) is 22.9 Å². The van der Waals surface area contributed by atoms with E-state index in [0.29, 0.717) is 5.52 Å². The molecule has 1 aromatic carbocycles. The van der Waals surface area contributed by atoms with E-state index in [1.807, 2.05) is 0 Å². The van der Waals surface area contributed by atoms with E-state index in [9.17, 15) is 13.2 Å². The SMILES string of the molecule is FC(F)(F)c1cc(S)cc2ncn(C3CCC3)c12. The standard InChI is InChI=1S/C12H11F3N2S/c13-12(14,15)9-4-8(18)5-10-11(9)17(6-16-10)7-2-1-3-7/h4-7,18H,1-3H2. The van der Waals surface area contributed by atoms with Crippen LogP contribution in [0.4, 0.5) is 13.2 Å². The van der Waals surface area contributed by atoms with Gasteiger partial charge in [0.1, 0.15) is 0 Å². The summed E-state index contributed by atoms with van der Waals surface area (Å²) in [6.45, 7) is 0. The Hall–Kier alpha value is -1.17. The van der Waals surface area contributed by atoms with E-state index in [2.05, 4.69) is 17.6 Å². The third kappa shape index (κ3) is 1.79. The molecule has 0 bridgehead atoms. The molecule has 0 aliphatic heterocycles. The number of alkyl halides is 3. The van der Waals surface area contributed by atoms with Crippen molar-refractivity contribution in [2.45, 2.75) is 36.4 Å². The Kier molecular flexibility index (Phi) is 2.59. The minimum atomic E-state index is -4.38. The van der Waals surface area contributed by atoms with Crippen LogP contribution < -0.4 is 0 Å². The molecule has 1 fully saturated rings. The van der Waals surface area contributed by atoms with Crippen molar-refractivity contribution in [2.75, 3.05) is 0 Å². The van der Waals surface area contributed by atoms with Crippen molar-refractivity contribution in [3.63, 3.8) is 0 Å². The van der Waals surface area contributed by atoms with Gasteiger partial charge in [-0.2, -0.15) is 13.2 Å². The summed E-state index contributed by atoms with van der Waals surface area (Å²) in [6, 6.07) is 2.80. The van der Waals surface area contributed by atoms with Crippen LogP contribution in [0.3, 0.4) is 0 Å². The summed E-state index contributed by atoms with van der Waals surface area (Å²) in [4.78, 5) is 4.36. The molecule has 0 spiro atoms. The van der Waals surface area contributed by atoms with E-state index < -0.39 is 11.7 Å². The number of nitrogens with zero attached hydrogens (tertiary/aromatic N) is 2. The zero-order chi connectivity index (χ0) is 12.9. The highest BCUT2D eigenvalue weighted by atomic mass is 32.1. The normalized spacial score (nSPS) is 17.1. The third-order valence-electron chi connectivity index (χ3n) is 3.43. The lowest BCUT2D eigenvalue weighted by Gasteiger charge is -2.28. The molecule has 0 saturated heterocycles. The first-order chi connectivity index (χ1) is 8.47. The highest BCUT2D eigenvalue weighted by Gasteiger charge is 2.35. The number of aromatic nitrogens is 2. The Morgan fingerprint density at radius 1 is 1.28 bits per heavy atom. The predicted octanol–water partition coefficient (Wildman–Crippen LogP) is 4.07. The molecule has 1 saturated carbocycles. The molecule has 0 amide bonds. The van der Waals surface area contributed by atoms with Gasteiger partial charge in [0.2, 0.25) is 0 Å². The summed E-state index contributed by atoms with van der Waals surface area (Å²) in [5, 5.41) is 0. The molecule has 1 heterocycles. The number of thiol groups is 1. The van der Waals surface area contributed by atoms with Gasteiger partial charge < -0.3 is 4.57 Å². The van der Waals surface area contributed by atoms with Gasteiger partial charge in [0, 0.05) is 10.9 Å². The quantitative estimate of drug-likeness (QED) is 0.775. The second kappa shape index (κ2) is 3.91. The number of hydrogen-bond donors (Lipinski definition) is 1. The van der Waals surface area contributed by atoms with Crippen molar-refractivity contribution in [2.24, 2.45) is 0 Å². The zero-order valence-corrected chi connectivity index (χ0v) is 10.3. The first-order valence-corrected chi connectivity index (χ1v) is 6.18.